The van der Waals surface area contributed by atoms with E-state index in [1.54, 1.807) is 13.8 Å². The smallest absolute Gasteiger partial charge is 0.312 e. The third kappa shape index (κ3) is 8.07. The lowest BCUT2D eigenvalue weighted by atomic mass is 9.97. The van der Waals surface area contributed by atoms with Crippen LogP contribution in [0.2, 0.25) is 0 Å². The van der Waals surface area contributed by atoms with Crippen molar-refractivity contribution in [3.8, 4) is 0 Å². The standard InChI is InChI=1S/C15H24O6S/c1-5-6-11(13(17)18)9-12(16)21-7-8-22-10-15(2,3)14(19)20-4/h5,11H,1,6-10H2,2-4H3,(H,17,18). The zero-order chi connectivity index (χ0) is 17.2. The second-order valence-corrected chi connectivity index (χ2v) is 6.52. The third-order valence-electron chi connectivity index (χ3n) is 2.91. The van der Waals surface area contributed by atoms with Crippen molar-refractivity contribution in [3.05, 3.63) is 12.7 Å². The van der Waals surface area contributed by atoms with Crippen molar-refractivity contribution >= 4 is 29.7 Å². The van der Waals surface area contributed by atoms with Gasteiger partial charge in [0.1, 0.15) is 6.61 Å². The Morgan fingerprint density at radius 1 is 1.36 bits per heavy atom. The number of allylic oxidation sites excluding steroid dienone is 1. The fraction of sp³-hybridized carbons (Fsp3) is 0.667. The summed E-state index contributed by atoms with van der Waals surface area (Å²) in [4.78, 5) is 33.9. The number of rotatable bonds is 11. The van der Waals surface area contributed by atoms with Gasteiger partial charge >= 0.3 is 17.9 Å². The Morgan fingerprint density at radius 3 is 2.50 bits per heavy atom. The van der Waals surface area contributed by atoms with Crippen LogP contribution in [-0.4, -0.2) is 48.2 Å². The number of methoxy groups -OCH3 is 1. The average Bonchev–Trinajstić information content (AvgIpc) is 2.45. The molecule has 0 saturated heterocycles. The van der Waals surface area contributed by atoms with Gasteiger partial charge in [0.05, 0.1) is 24.9 Å². The topological polar surface area (TPSA) is 89.9 Å². The summed E-state index contributed by atoms with van der Waals surface area (Å²) in [5, 5.41) is 8.92. The molecule has 0 rings (SSSR count). The number of ether oxygens (including phenoxy) is 2. The van der Waals surface area contributed by atoms with Gasteiger partial charge in [-0.25, -0.2) is 0 Å². The molecule has 0 spiro atoms. The molecule has 1 atom stereocenters. The molecule has 0 bridgehead atoms. The summed E-state index contributed by atoms with van der Waals surface area (Å²) in [5.74, 6) is -1.58. The minimum absolute atomic E-state index is 0.167. The minimum Gasteiger partial charge on any atom is -0.481 e. The van der Waals surface area contributed by atoms with Gasteiger partial charge in [0.25, 0.3) is 0 Å². The van der Waals surface area contributed by atoms with Gasteiger partial charge in [-0.1, -0.05) is 6.08 Å². The van der Waals surface area contributed by atoms with Crippen molar-refractivity contribution in [2.45, 2.75) is 26.7 Å². The van der Waals surface area contributed by atoms with E-state index >= 15 is 0 Å². The lowest BCUT2D eigenvalue weighted by Crippen LogP contribution is -2.28. The molecule has 126 valence electrons. The van der Waals surface area contributed by atoms with Crippen molar-refractivity contribution in [2.24, 2.45) is 11.3 Å². The monoisotopic (exact) mass is 332 g/mol. The second-order valence-electron chi connectivity index (χ2n) is 5.41. The largest absolute Gasteiger partial charge is 0.481 e. The third-order valence-corrected chi connectivity index (χ3v) is 4.29. The summed E-state index contributed by atoms with van der Waals surface area (Å²) in [7, 11) is 1.35. The molecule has 22 heavy (non-hydrogen) atoms. The number of carboxylic acid groups (broad SMARTS) is 1. The van der Waals surface area contributed by atoms with Crippen LogP contribution in [0.1, 0.15) is 26.7 Å². The number of carbonyl (C=O) groups is 3. The average molecular weight is 332 g/mol. The van der Waals surface area contributed by atoms with Crippen molar-refractivity contribution in [1.29, 1.82) is 0 Å². The molecule has 0 saturated carbocycles. The summed E-state index contributed by atoms with van der Waals surface area (Å²) >= 11 is 1.47. The highest BCUT2D eigenvalue weighted by Crippen LogP contribution is 2.23. The van der Waals surface area contributed by atoms with E-state index in [0.29, 0.717) is 11.5 Å². The molecule has 1 unspecified atom stereocenters. The van der Waals surface area contributed by atoms with E-state index in [1.165, 1.54) is 24.9 Å². The molecule has 0 aliphatic carbocycles. The fourth-order valence-corrected chi connectivity index (χ4v) is 2.58. The molecule has 0 aromatic heterocycles. The number of carboxylic acids is 1. The summed E-state index contributed by atoms with van der Waals surface area (Å²) in [6, 6.07) is 0. The number of aliphatic carboxylic acids is 1. The van der Waals surface area contributed by atoms with E-state index in [1.807, 2.05) is 0 Å². The van der Waals surface area contributed by atoms with E-state index < -0.39 is 23.3 Å². The number of carbonyl (C=O) groups excluding carboxylic acids is 2. The van der Waals surface area contributed by atoms with Gasteiger partial charge in [-0.2, -0.15) is 11.8 Å². The maximum absolute atomic E-state index is 11.5. The first kappa shape index (κ1) is 20.5. The van der Waals surface area contributed by atoms with Crippen LogP contribution in [0.25, 0.3) is 0 Å². The normalized spacial score (nSPS) is 12.3. The molecule has 0 aliphatic rings. The Kier molecular flexibility index (Phi) is 9.56. The van der Waals surface area contributed by atoms with Crippen LogP contribution in [0.3, 0.4) is 0 Å². The van der Waals surface area contributed by atoms with Crippen molar-refractivity contribution in [3.63, 3.8) is 0 Å². The second kappa shape index (κ2) is 10.3. The highest BCUT2D eigenvalue weighted by atomic mass is 32.2. The molecule has 0 radical (unpaired) electrons. The van der Waals surface area contributed by atoms with E-state index in [9.17, 15) is 14.4 Å². The Balaban J connectivity index is 3.96. The fourth-order valence-electron chi connectivity index (χ4n) is 1.61. The van der Waals surface area contributed by atoms with E-state index in [0.717, 1.165) is 0 Å². The molecule has 6 nitrogen and oxygen atoms in total. The number of hydrogen-bond acceptors (Lipinski definition) is 6. The van der Waals surface area contributed by atoms with Crippen LogP contribution in [0.4, 0.5) is 0 Å². The molecular formula is C15H24O6S. The van der Waals surface area contributed by atoms with Crippen LogP contribution >= 0.6 is 11.8 Å². The first-order valence-corrected chi connectivity index (χ1v) is 8.05. The zero-order valence-electron chi connectivity index (χ0n) is 13.3. The first-order chi connectivity index (χ1) is 10.2. The van der Waals surface area contributed by atoms with Gasteiger partial charge in [-0.05, 0) is 20.3 Å². The summed E-state index contributed by atoms with van der Waals surface area (Å²) in [5.41, 5.74) is -0.595. The maximum atomic E-state index is 11.5. The molecular weight excluding hydrogens is 308 g/mol. The van der Waals surface area contributed by atoms with E-state index in [4.69, 9.17) is 14.6 Å². The van der Waals surface area contributed by atoms with Gasteiger partial charge in [0.15, 0.2) is 0 Å². The molecule has 0 amide bonds. The van der Waals surface area contributed by atoms with E-state index in [-0.39, 0.29) is 25.4 Å². The Labute approximate surface area is 135 Å². The van der Waals surface area contributed by atoms with Crippen LogP contribution < -0.4 is 0 Å². The lowest BCUT2D eigenvalue weighted by molar-refractivity contribution is -0.151. The highest BCUT2D eigenvalue weighted by molar-refractivity contribution is 7.99. The van der Waals surface area contributed by atoms with Crippen molar-refractivity contribution in [2.75, 3.05) is 25.2 Å². The van der Waals surface area contributed by atoms with Crippen molar-refractivity contribution < 1.29 is 29.0 Å². The van der Waals surface area contributed by atoms with Gasteiger partial charge in [-0.3, -0.25) is 14.4 Å². The quantitative estimate of drug-likeness (QED) is 0.352. The minimum atomic E-state index is -1.04. The molecule has 0 aromatic carbocycles. The van der Waals surface area contributed by atoms with Crippen LogP contribution in [-0.2, 0) is 23.9 Å². The van der Waals surface area contributed by atoms with Crippen LogP contribution in [0.5, 0.6) is 0 Å². The summed E-state index contributed by atoms with van der Waals surface area (Å²) in [6.45, 7) is 7.21. The predicted octanol–water partition coefficient (Wildman–Crippen LogP) is 2.13. The van der Waals surface area contributed by atoms with E-state index in [2.05, 4.69) is 6.58 Å². The number of esters is 2. The Hall–Kier alpha value is -1.50. The predicted molar refractivity (Wildman–Crippen MR) is 84.6 cm³/mol. The van der Waals surface area contributed by atoms with Gasteiger partial charge in [0.2, 0.25) is 0 Å². The Bertz CT molecular complexity index is 405. The lowest BCUT2D eigenvalue weighted by Gasteiger charge is -2.20. The SMILES string of the molecule is C=CCC(CC(=O)OCCSCC(C)(C)C(=O)OC)C(=O)O. The molecule has 7 heteroatoms. The Morgan fingerprint density at radius 2 is 2.00 bits per heavy atom. The number of thioether (sulfide) groups is 1. The molecule has 0 heterocycles. The van der Waals surface area contributed by atoms with Gasteiger partial charge in [0, 0.05) is 11.5 Å². The maximum Gasteiger partial charge on any atom is 0.312 e. The number of hydrogen-bond donors (Lipinski definition) is 1. The summed E-state index contributed by atoms with van der Waals surface area (Å²) in [6.07, 6.45) is 1.53. The van der Waals surface area contributed by atoms with Gasteiger partial charge < -0.3 is 14.6 Å². The van der Waals surface area contributed by atoms with Gasteiger partial charge in [-0.15, -0.1) is 6.58 Å². The van der Waals surface area contributed by atoms with Crippen LogP contribution in [0, 0.1) is 11.3 Å². The zero-order valence-corrected chi connectivity index (χ0v) is 14.1. The van der Waals surface area contributed by atoms with Crippen molar-refractivity contribution in [1.82, 2.24) is 0 Å². The molecule has 0 aliphatic heterocycles. The molecule has 0 fully saturated rings. The highest BCUT2D eigenvalue weighted by Gasteiger charge is 2.28. The first-order valence-electron chi connectivity index (χ1n) is 6.90. The molecule has 0 aromatic rings. The molecule has 1 N–H and O–H groups in total. The van der Waals surface area contributed by atoms with Crippen LogP contribution in [0.15, 0.2) is 12.7 Å². The summed E-state index contributed by atoms with van der Waals surface area (Å²) < 4.78 is 9.70.